The highest BCUT2D eigenvalue weighted by Crippen LogP contribution is 2.40. The second kappa shape index (κ2) is 12.8. The Labute approximate surface area is 274 Å². The number of hydroxylamine groups is 2. The normalized spacial score (nSPS) is 15.6. The molecule has 1 aliphatic heterocycles. The van der Waals surface area contributed by atoms with Gasteiger partial charge in [0.15, 0.2) is 6.17 Å². The average Bonchev–Trinajstić information content (AvgIpc) is 3.28. The smallest absolute Gasteiger partial charge is 0.306 e. The summed E-state index contributed by atoms with van der Waals surface area (Å²) in [4.78, 5) is 54.1. The monoisotopic (exact) mass is 645 g/mol. The molecule has 242 valence electrons. The number of fused-ring (bicyclic) bond motifs is 2. The molecule has 48 heavy (non-hydrogen) atoms. The number of hydrazone groups is 1. The van der Waals surface area contributed by atoms with E-state index in [0.717, 1.165) is 16.2 Å². The van der Waals surface area contributed by atoms with Gasteiger partial charge in [0.05, 0.1) is 28.1 Å². The van der Waals surface area contributed by atoms with E-state index in [1.807, 2.05) is 60.7 Å². The van der Waals surface area contributed by atoms with Crippen LogP contribution in [0.15, 0.2) is 114 Å². The van der Waals surface area contributed by atoms with E-state index < -0.39 is 41.1 Å². The van der Waals surface area contributed by atoms with Gasteiger partial charge in [-0.05, 0) is 54.4 Å². The minimum absolute atomic E-state index is 0.0833. The van der Waals surface area contributed by atoms with Gasteiger partial charge in [-0.25, -0.2) is 15.0 Å². The van der Waals surface area contributed by atoms with Crippen LogP contribution in [-0.2, 0) is 4.79 Å². The highest BCUT2D eigenvalue weighted by atomic mass is 16.6. The Morgan fingerprint density at radius 3 is 2.21 bits per heavy atom. The van der Waals surface area contributed by atoms with E-state index in [1.54, 1.807) is 38.1 Å². The number of urea groups is 2. The van der Waals surface area contributed by atoms with Gasteiger partial charge in [-0.3, -0.25) is 25.0 Å². The standard InChI is InChI=1S/C35H31N7O6/c1-35(2)32(41(46)33(44)37-29-15-7-11-24-9-3-5-13-27(24)29)40(30-16-8-12-25-10-4-6-14-28(25)30)34(45)39(35)22-31(43)38-36-21-23-17-19-26(20-18-23)42(47)48/h3-21,32,46H,22H2,1-2H3,(H,37,44)(H,38,43)/b36-21+. The molecule has 0 radical (unpaired) electrons. The topological polar surface area (TPSA) is 161 Å². The van der Waals surface area contributed by atoms with E-state index in [2.05, 4.69) is 15.8 Å². The lowest BCUT2D eigenvalue weighted by Gasteiger charge is -2.38. The summed E-state index contributed by atoms with van der Waals surface area (Å²) in [6.45, 7) is 2.85. The number of carbonyl (C=O) groups is 3. The lowest BCUT2D eigenvalue weighted by molar-refractivity contribution is -0.384. The molecule has 1 aliphatic rings. The second-order valence-electron chi connectivity index (χ2n) is 11.7. The summed E-state index contributed by atoms with van der Waals surface area (Å²) in [6.07, 6.45) is 0.0406. The number of rotatable bonds is 8. The molecule has 0 aromatic heterocycles. The molecule has 5 aromatic carbocycles. The number of anilines is 2. The van der Waals surface area contributed by atoms with Gasteiger partial charge < -0.3 is 10.2 Å². The van der Waals surface area contributed by atoms with Crippen LogP contribution < -0.4 is 15.6 Å². The van der Waals surface area contributed by atoms with Crippen molar-refractivity contribution in [3.05, 3.63) is 125 Å². The summed E-state index contributed by atoms with van der Waals surface area (Å²) in [5, 5.41) is 32.9. The predicted molar refractivity (Wildman–Crippen MR) is 182 cm³/mol. The molecule has 0 spiro atoms. The van der Waals surface area contributed by atoms with Crippen molar-refractivity contribution < 1.29 is 24.5 Å². The van der Waals surface area contributed by atoms with Crippen molar-refractivity contribution in [3.8, 4) is 0 Å². The Morgan fingerprint density at radius 1 is 0.917 bits per heavy atom. The third-order valence-corrected chi connectivity index (χ3v) is 8.31. The van der Waals surface area contributed by atoms with Crippen LogP contribution in [0.3, 0.4) is 0 Å². The third-order valence-electron chi connectivity index (χ3n) is 8.31. The van der Waals surface area contributed by atoms with Crippen molar-refractivity contribution in [2.75, 3.05) is 16.8 Å². The Morgan fingerprint density at radius 2 is 1.52 bits per heavy atom. The number of non-ortho nitro benzene ring substituents is 1. The molecule has 6 rings (SSSR count). The minimum Gasteiger partial charge on any atom is -0.306 e. The van der Waals surface area contributed by atoms with E-state index in [9.17, 15) is 29.7 Å². The van der Waals surface area contributed by atoms with Crippen LogP contribution in [-0.4, -0.2) is 62.5 Å². The largest absolute Gasteiger partial charge is 0.347 e. The first-order chi connectivity index (χ1) is 23.1. The predicted octanol–water partition coefficient (Wildman–Crippen LogP) is 6.32. The zero-order chi connectivity index (χ0) is 34.0. The van der Waals surface area contributed by atoms with Crippen molar-refractivity contribution in [2.45, 2.75) is 25.6 Å². The molecule has 0 aliphatic carbocycles. The van der Waals surface area contributed by atoms with Crippen LogP contribution in [0.5, 0.6) is 0 Å². The zero-order valence-corrected chi connectivity index (χ0v) is 26.0. The number of hydrogen-bond acceptors (Lipinski definition) is 7. The number of nitro benzene ring substituents is 1. The first-order valence-corrected chi connectivity index (χ1v) is 15.0. The lowest BCUT2D eigenvalue weighted by atomic mass is 9.99. The molecule has 3 N–H and O–H groups in total. The fourth-order valence-corrected chi connectivity index (χ4v) is 5.93. The highest BCUT2D eigenvalue weighted by Gasteiger charge is 2.56. The summed E-state index contributed by atoms with van der Waals surface area (Å²) in [6, 6.07) is 29.8. The van der Waals surface area contributed by atoms with Gasteiger partial charge in [0.2, 0.25) is 0 Å². The number of benzene rings is 5. The van der Waals surface area contributed by atoms with Crippen LogP contribution >= 0.6 is 0 Å². The van der Waals surface area contributed by atoms with E-state index in [1.165, 1.54) is 40.3 Å². The van der Waals surface area contributed by atoms with Crippen molar-refractivity contribution in [3.63, 3.8) is 0 Å². The Bertz CT molecular complexity index is 2070. The molecule has 13 nitrogen and oxygen atoms in total. The molecule has 13 heteroatoms. The van der Waals surface area contributed by atoms with E-state index >= 15 is 0 Å². The summed E-state index contributed by atoms with van der Waals surface area (Å²) >= 11 is 0. The summed E-state index contributed by atoms with van der Waals surface area (Å²) in [7, 11) is 0. The first-order valence-electron chi connectivity index (χ1n) is 15.0. The van der Waals surface area contributed by atoms with Gasteiger partial charge in [0.1, 0.15) is 6.54 Å². The van der Waals surface area contributed by atoms with E-state index in [0.29, 0.717) is 27.4 Å². The molecular formula is C35H31N7O6. The van der Waals surface area contributed by atoms with Gasteiger partial charge >= 0.3 is 12.1 Å². The number of carbonyl (C=O) groups excluding carboxylic acids is 3. The Balaban J connectivity index is 1.30. The van der Waals surface area contributed by atoms with Crippen LogP contribution in [0.2, 0.25) is 0 Å². The molecule has 1 fully saturated rings. The summed E-state index contributed by atoms with van der Waals surface area (Å²) in [5.74, 6) is -0.641. The molecule has 1 saturated heterocycles. The molecule has 1 heterocycles. The molecule has 1 atom stereocenters. The number of hydrogen-bond donors (Lipinski definition) is 3. The molecule has 0 bridgehead atoms. The van der Waals surface area contributed by atoms with Gasteiger partial charge in [-0.2, -0.15) is 10.2 Å². The first kappa shape index (κ1) is 31.6. The van der Waals surface area contributed by atoms with Crippen LogP contribution in [0.25, 0.3) is 21.5 Å². The SMILES string of the molecule is CC1(C)C(N(O)C(=O)Nc2cccc3ccccc23)N(c2cccc3ccccc23)C(=O)N1CC(=O)N/N=C/c1ccc([N+](=O)[O-])cc1. The van der Waals surface area contributed by atoms with Crippen LogP contribution in [0.1, 0.15) is 19.4 Å². The van der Waals surface area contributed by atoms with Crippen molar-refractivity contribution in [2.24, 2.45) is 5.10 Å². The van der Waals surface area contributed by atoms with Gasteiger partial charge in [-0.15, -0.1) is 0 Å². The number of nitrogens with zero attached hydrogens (tertiary/aromatic N) is 5. The quantitative estimate of drug-likeness (QED) is 0.0775. The van der Waals surface area contributed by atoms with E-state index in [-0.39, 0.29) is 5.69 Å². The van der Waals surface area contributed by atoms with Crippen molar-refractivity contribution >= 4 is 62.8 Å². The van der Waals surface area contributed by atoms with Gasteiger partial charge in [0, 0.05) is 22.9 Å². The van der Waals surface area contributed by atoms with Gasteiger partial charge in [0.25, 0.3) is 11.6 Å². The Kier molecular flexibility index (Phi) is 8.44. The maximum atomic E-state index is 14.3. The van der Waals surface area contributed by atoms with Crippen LogP contribution in [0.4, 0.5) is 26.7 Å². The van der Waals surface area contributed by atoms with Crippen molar-refractivity contribution in [1.29, 1.82) is 0 Å². The number of amides is 5. The minimum atomic E-state index is -1.31. The average molecular weight is 646 g/mol. The number of nitro groups is 1. The second-order valence-corrected chi connectivity index (χ2v) is 11.7. The zero-order valence-electron chi connectivity index (χ0n) is 26.0. The molecular weight excluding hydrogens is 614 g/mol. The highest BCUT2D eigenvalue weighted by molar-refractivity contribution is 6.07. The maximum absolute atomic E-state index is 14.3. The summed E-state index contributed by atoms with van der Waals surface area (Å²) < 4.78 is 0. The van der Waals surface area contributed by atoms with Gasteiger partial charge in [-0.1, -0.05) is 72.8 Å². The Hall–Kier alpha value is -6.34. The lowest BCUT2D eigenvalue weighted by Crippen LogP contribution is -2.58. The third kappa shape index (κ3) is 5.97. The fraction of sp³-hybridized carbons (Fsp3) is 0.143. The van der Waals surface area contributed by atoms with Crippen LogP contribution in [0, 0.1) is 10.1 Å². The number of nitrogens with one attached hydrogen (secondary N) is 2. The fourth-order valence-electron chi connectivity index (χ4n) is 5.93. The van der Waals surface area contributed by atoms with Crippen molar-refractivity contribution in [1.82, 2.24) is 15.4 Å². The molecule has 5 amide bonds. The molecule has 5 aromatic rings. The summed E-state index contributed by atoms with van der Waals surface area (Å²) in [5.41, 5.74) is 2.41. The van der Waals surface area contributed by atoms with E-state index in [4.69, 9.17) is 0 Å². The molecule has 0 saturated carbocycles. The maximum Gasteiger partial charge on any atom is 0.347 e. The molecule has 1 unspecified atom stereocenters.